The first-order valence-electron chi connectivity index (χ1n) is 9.78. The average molecular weight is 451 g/mol. The summed E-state index contributed by atoms with van der Waals surface area (Å²) in [6.45, 7) is 0.625. The van der Waals surface area contributed by atoms with Crippen LogP contribution in [0.2, 0.25) is 0 Å². The minimum atomic E-state index is -4.67. The zero-order chi connectivity index (χ0) is 22.2. The summed E-state index contributed by atoms with van der Waals surface area (Å²) in [7, 11) is 0. The summed E-state index contributed by atoms with van der Waals surface area (Å²) in [5.41, 5.74) is -0.710. The maximum atomic E-state index is 13.3. The molecule has 2 atom stereocenters. The fourth-order valence-electron chi connectivity index (χ4n) is 3.86. The molecule has 2 aromatic carbocycles. The molecule has 3 aromatic rings. The Kier molecular flexibility index (Phi) is 6.11. The van der Waals surface area contributed by atoms with Gasteiger partial charge in [0.15, 0.2) is 4.90 Å². The normalized spacial score (nSPS) is 18.5. The van der Waals surface area contributed by atoms with Crippen LogP contribution in [0.4, 0.5) is 13.2 Å². The molecule has 1 N–H and O–H groups in total. The first-order chi connectivity index (χ1) is 14.8. The fraction of sp³-hybridized carbons (Fsp3) is 0.318. The lowest BCUT2D eigenvalue weighted by Gasteiger charge is -2.24. The van der Waals surface area contributed by atoms with Crippen LogP contribution in [-0.2, 0) is 24.0 Å². The molecule has 164 valence electrons. The van der Waals surface area contributed by atoms with Crippen molar-refractivity contribution in [2.45, 2.75) is 36.4 Å². The van der Waals surface area contributed by atoms with Crippen molar-refractivity contribution in [3.8, 4) is 0 Å². The Hall–Kier alpha value is -2.33. The molecule has 1 fully saturated rings. The molecule has 1 aliphatic heterocycles. The van der Waals surface area contributed by atoms with Crippen molar-refractivity contribution >= 4 is 22.3 Å². The van der Waals surface area contributed by atoms with Crippen LogP contribution in [0.5, 0.6) is 0 Å². The van der Waals surface area contributed by atoms with E-state index in [1.807, 2.05) is 0 Å². The molecule has 4 rings (SSSR count). The summed E-state index contributed by atoms with van der Waals surface area (Å²) in [5.74, 6) is 0. The van der Waals surface area contributed by atoms with Gasteiger partial charge in [0, 0.05) is 18.0 Å². The molecule has 1 aliphatic rings. The third kappa shape index (κ3) is 4.64. The second-order valence-corrected chi connectivity index (χ2v) is 8.94. The van der Waals surface area contributed by atoms with Gasteiger partial charge in [-0.25, -0.2) is 4.79 Å². The molecule has 1 aromatic heterocycles. The highest BCUT2D eigenvalue weighted by molar-refractivity contribution is 7.89. The quantitative estimate of drug-likeness (QED) is 0.471. The molecule has 9 heteroatoms. The van der Waals surface area contributed by atoms with E-state index in [9.17, 15) is 27.6 Å². The second-order valence-electron chi connectivity index (χ2n) is 7.50. The van der Waals surface area contributed by atoms with E-state index in [1.165, 1.54) is 12.1 Å². The average Bonchev–Trinajstić information content (AvgIpc) is 3.21. The van der Waals surface area contributed by atoms with E-state index >= 15 is 0 Å². The Morgan fingerprint density at radius 1 is 1.13 bits per heavy atom. The predicted molar refractivity (Wildman–Crippen MR) is 110 cm³/mol. The standard InChI is InChI=1S/C22H20F3NO4S/c23-22(24,25)19-12-21(28)30-20-8-5-15(11-18(19)20)10-14-3-6-17(7-4-14)31(29)26-9-1-2-16(26)13-27/h3-8,11-12,16,27H,1-2,9-10,13H2. The zero-order valence-electron chi connectivity index (χ0n) is 16.4. The van der Waals surface area contributed by atoms with Crippen LogP contribution in [-0.4, -0.2) is 33.2 Å². The van der Waals surface area contributed by atoms with E-state index in [1.54, 1.807) is 34.6 Å². The second kappa shape index (κ2) is 8.66. The van der Waals surface area contributed by atoms with Gasteiger partial charge < -0.3 is 14.1 Å². The lowest BCUT2D eigenvalue weighted by Crippen LogP contribution is -2.37. The van der Waals surface area contributed by atoms with Crippen molar-refractivity contribution in [3.05, 3.63) is 75.6 Å². The Morgan fingerprint density at radius 2 is 1.84 bits per heavy atom. The molecule has 0 saturated carbocycles. The van der Waals surface area contributed by atoms with Gasteiger partial charge in [-0.15, -0.1) is 4.31 Å². The molecule has 0 aliphatic carbocycles. The van der Waals surface area contributed by atoms with Crippen molar-refractivity contribution in [1.82, 2.24) is 4.31 Å². The smallest absolute Gasteiger partial charge is 0.417 e. The summed E-state index contributed by atoms with van der Waals surface area (Å²) in [6, 6.07) is 11.8. The topological polar surface area (TPSA) is 76.7 Å². The van der Waals surface area contributed by atoms with Gasteiger partial charge in [-0.05, 0) is 54.7 Å². The number of aliphatic hydroxyl groups excluding tert-OH is 1. The maximum Gasteiger partial charge on any atom is 0.417 e. The third-order valence-electron chi connectivity index (χ3n) is 5.39. The van der Waals surface area contributed by atoms with Crippen LogP contribution < -0.4 is 5.63 Å². The molecule has 31 heavy (non-hydrogen) atoms. The highest BCUT2D eigenvalue weighted by Crippen LogP contribution is 2.34. The van der Waals surface area contributed by atoms with Gasteiger partial charge in [-0.3, -0.25) is 0 Å². The Bertz CT molecular complexity index is 1130. The van der Waals surface area contributed by atoms with Crippen LogP contribution in [0.15, 0.2) is 62.6 Å². The lowest BCUT2D eigenvalue weighted by molar-refractivity contribution is -0.136. The van der Waals surface area contributed by atoms with Gasteiger partial charge in [0.05, 0.1) is 29.6 Å². The molecule has 0 radical (unpaired) electrons. The molecule has 2 unspecified atom stereocenters. The van der Waals surface area contributed by atoms with Gasteiger partial charge in [0.1, 0.15) is 5.58 Å². The molecular weight excluding hydrogens is 431 g/mol. The van der Waals surface area contributed by atoms with Crippen molar-refractivity contribution in [3.63, 3.8) is 0 Å². The molecule has 1 saturated heterocycles. The van der Waals surface area contributed by atoms with Crippen LogP contribution in [0, 0.1) is 0 Å². The maximum absolute atomic E-state index is 13.3. The van der Waals surface area contributed by atoms with Crippen LogP contribution in [0.1, 0.15) is 29.5 Å². The van der Waals surface area contributed by atoms with Gasteiger partial charge in [-0.2, -0.15) is 13.2 Å². The summed E-state index contributed by atoms with van der Waals surface area (Å²) >= 11 is -1.37. The Balaban J connectivity index is 1.57. The highest BCUT2D eigenvalue weighted by atomic mass is 32.2. The predicted octanol–water partition coefficient (Wildman–Crippen LogP) is 3.88. The lowest BCUT2D eigenvalue weighted by atomic mass is 10.0. The van der Waals surface area contributed by atoms with Gasteiger partial charge in [0.25, 0.3) is 0 Å². The summed E-state index contributed by atoms with van der Waals surface area (Å²) in [4.78, 5) is 12.1. The molecule has 2 heterocycles. The summed E-state index contributed by atoms with van der Waals surface area (Å²) in [5, 5.41) is 9.27. The zero-order valence-corrected chi connectivity index (χ0v) is 17.2. The van der Waals surface area contributed by atoms with E-state index in [0.717, 1.165) is 18.4 Å². The van der Waals surface area contributed by atoms with Crippen molar-refractivity contribution in [2.24, 2.45) is 0 Å². The van der Waals surface area contributed by atoms with Gasteiger partial charge in [-0.1, -0.05) is 18.2 Å². The van der Waals surface area contributed by atoms with Crippen LogP contribution in [0.25, 0.3) is 11.0 Å². The van der Waals surface area contributed by atoms with E-state index < -0.39 is 28.7 Å². The Labute approximate surface area is 179 Å². The first kappa shape index (κ1) is 21.9. The number of nitrogens with zero attached hydrogens (tertiary/aromatic N) is 1. The summed E-state index contributed by atoms with van der Waals surface area (Å²) in [6.07, 6.45) is -2.61. The summed E-state index contributed by atoms with van der Waals surface area (Å²) < 4.78 is 59.4. The third-order valence-corrected chi connectivity index (χ3v) is 6.97. The monoisotopic (exact) mass is 451 g/mol. The largest absolute Gasteiger partial charge is 0.593 e. The molecular formula is C22H20F3NO4S. The number of hydrogen-bond donors (Lipinski definition) is 1. The van der Waals surface area contributed by atoms with Gasteiger partial charge in [0.2, 0.25) is 0 Å². The number of aliphatic hydroxyl groups is 1. The number of fused-ring (bicyclic) bond motifs is 1. The van der Waals surface area contributed by atoms with Gasteiger partial charge >= 0.3 is 11.8 Å². The minimum absolute atomic E-state index is 0.0359. The van der Waals surface area contributed by atoms with Crippen molar-refractivity contribution in [2.75, 3.05) is 13.2 Å². The molecule has 0 amide bonds. The number of hydrogen-bond acceptors (Lipinski definition) is 5. The first-order valence-corrected chi connectivity index (χ1v) is 10.9. The Morgan fingerprint density at radius 3 is 2.52 bits per heavy atom. The van der Waals surface area contributed by atoms with E-state index in [0.29, 0.717) is 29.5 Å². The molecule has 5 nitrogen and oxygen atoms in total. The van der Waals surface area contributed by atoms with Crippen molar-refractivity contribution in [1.29, 1.82) is 0 Å². The number of alkyl halides is 3. The van der Waals surface area contributed by atoms with E-state index in [4.69, 9.17) is 4.42 Å². The van der Waals surface area contributed by atoms with Crippen LogP contribution >= 0.6 is 0 Å². The van der Waals surface area contributed by atoms with E-state index in [-0.39, 0.29) is 23.6 Å². The van der Waals surface area contributed by atoms with Crippen LogP contribution in [0.3, 0.4) is 0 Å². The number of rotatable bonds is 5. The minimum Gasteiger partial charge on any atom is -0.593 e. The SMILES string of the molecule is O=c1cc(C(F)(F)F)c2cc(Cc3ccc([S+]([O-])N4CCCC4CO)cc3)ccc2o1. The number of halogens is 3. The fourth-order valence-corrected chi connectivity index (χ4v) is 5.24. The molecule has 0 bridgehead atoms. The van der Waals surface area contributed by atoms with Crippen molar-refractivity contribution < 1.29 is 27.2 Å². The molecule has 0 spiro atoms. The highest BCUT2D eigenvalue weighted by Gasteiger charge is 2.35. The van der Waals surface area contributed by atoms with E-state index in [2.05, 4.69) is 0 Å². The number of benzene rings is 2.